The third kappa shape index (κ3) is 4.76. The van der Waals surface area contributed by atoms with E-state index >= 15 is 0 Å². The van der Waals surface area contributed by atoms with Crippen LogP contribution in [-0.2, 0) is 16.1 Å². The monoisotopic (exact) mass is 339 g/mol. The fraction of sp³-hybridized carbons (Fsp3) is 0.333. The molecule has 0 saturated carbocycles. The fourth-order valence-corrected chi connectivity index (χ4v) is 2.80. The summed E-state index contributed by atoms with van der Waals surface area (Å²) >= 11 is 0. The van der Waals surface area contributed by atoms with Crippen molar-refractivity contribution in [3.63, 3.8) is 0 Å². The number of likely N-dealkylation sites (tertiary alicyclic amines) is 1. The second-order valence-corrected chi connectivity index (χ2v) is 5.95. The van der Waals surface area contributed by atoms with Gasteiger partial charge in [-0.25, -0.2) is 9.97 Å². The van der Waals surface area contributed by atoms with Gasteiger partial charge in [-0.05, 0) is 11.6 Å². The van der Waals surface area contributed by atoms with Crippen LogP contribution in [0.1, 0.15) is 12.0 Å². The summed E-state index contributed by atoms with van der Waals surface area (Å²) in [6, 6.07) is 11.5. The molecule has 1 saturated heterocycles. The number of carbonyl (C=O) groups excluding carboxylic acids is 2. The third-order valence-electron chi connectivity index (χ3n) is 4.07. The highest BCUT2D eigenvalue weighted by molar-refractivity contribution is 5.89. The molecule has 0 radical (unpaired) electrons. The van der Waals surface area contributed by atoms with E-state index in [4.69, 9.17) is 0 Å². The van der Waals surface area contributed by atoms with Crippen molar-refractivity contribution in [3.8, 4) is 0 Å². The Bertz CT molecular complexity index is 708. The molecule has 1 aromatic carbocycles. The van der Waals surface area contributed by atoms with Gasteiger partial charge in [0.2, 0.25) is 17.8 Å². The van der Waals surface area contributed by atoms with E-state index in [0.29, 0.717) is 32.1 Å². The molecule has 7 heteroatoms. The van der Waals surface area contributed by atoms with Gasteiger partial charge >= 0.3 is 0 Å². The van der Waals surface area contributed by atoms with Gasteiger partial charge in [0.25, 0.3) is 0 Å². The number of nitrogens with zero attached hydrogens (tertiary/aromatic N) is 3. The van der Waals surface area contributed by atoms with Crippen molar-refractivity contribution in [3.05, 3.63) is 54.4 Å². The number of amides is 2. The topological polar surface area (TPSA) is 87.2 Å². The Balaban J connectivity index is 1.41. The Morgan fingerprint density at radius 1 is 1.12 bits per heavy atom. The number of carbonyl (C=O) groups is 2. The molecular weight excluding hydrogens is 318 g/mol. The summed E-state index contributed by atoms with van der Waals surface area (Å²) in [5.41, 5.74) is 1.07. The highest BCUT2D eigenvalue weighted by Gasteiger charge is 2.33. The summed E-state index contributed by atoms with van der Waals surface area (Å²) in [6.45, 7) is 2.01. The molecule has 2 heterocycles. The molecule has 130 valence electrons. The number of hydrogen-bond acceptors (Lipinski definition) is 5. The van der Waals surface area contributed by atoms with E-state index in [2.05, 4.69) is 20.6 Å². The minimum absolute atomic E-state index is 0.0276. The van der Waals surface area contributed by atoms with Crippen LogP contribution in [-0.4, -0.2) is 46.3 Å². The lowest BCUT2D eigenvalue weighted by atomic mass is 10.1. The van der Waals surface area contributed by atoms with Crippen LogP contribution in [0.3, 0.4) is 0 Å². The quantitative estimate of drug-likeness (QED) is 0.737. The molecule has 0 aliphatic carbocycles. The van der Waals surface area contributed by atoms with Crippen molar-refractivity contribution in [2.75, 3.05) is 25.0 Å². The molecular formula is C18H21N5O2. The zero-order valence-electron chi connectivity index (χ0n) is 13.9. The maximum absolute atomic E-state index is 12.3. The molecule has 3 rings (SSSR count). The maximum Gasteiger partial charge on any atom is 0.225 e. The molecule has 0 spiro atoms. The van der Waals surface area contributed by atoms with E-state index in [0.717, 1.165) is 5.56 Å². The second kappa shape index (κ2) is 8.23. The summed E-state index contributed by atoms with van der Waals surface area (Å²) in [4.78, 5) is 34.2. The highest BCUT2D eigenvalue weighted by Crippen LogP contribution is 2.20. The lowest BCUT2D eigenvalue weighted by Crippen LogP contribution is -2.35. The van der Waals surface area contributed by atoms with Gasteiger partial charge in [-0.1, -0.05) is 30.3 Å². The van der Waals surface area contributed by atoms with Crippen LogP contribution in [0.5, 0.6) is 0 Å². The van der Waals surface area contributed by atoms with E-state index in [9.17, 15) is 9.59 Å². The Hall–Kier alpha value is -2.96. The maximum atomic E-state index is 12.3. The van der Waals surface area contributed by atoms with Crippen LogP contribution in [0.15, 0.2) is 48.8 Å². The van der Waals surface area contributed by atoms with E-state index in [1.54, 1.807) is 23.4 Å². The van der Waals surface area contributed by atoms with Crippen LogP contribution < -0.4 is 10.6 Å². The summed E-state index contributed by atoms with van der Waals surface area (Å²) < 4.78 is 0. The number of aromatic nitrogens is 2. The molecule has 2 aromatic rings. The Morgan fingerprint density at radius 2 is 1.88 bits per heavy atom. The van der Waals surface area contributed by atoms with Gasteiger partial charge < -0.3 is 15.5 Å². The standard InChI is InChI=1S/C18H21N5O2/c24-16-11-15(13-23(16)12-14-5-2-1-3-6-14)17(25)19-9-10-22-18-20-7-4-8-21-18/h1-8,15H,9-13H2,(H,19,25)(H,20,21,22). The Labute approximate surface area is 146 Å². The molecule has 2 N–H and O–H groups in total. The van der Waals surface area contributed by atoms with Crippen molar-refractivity contribution >= 4 is 17.8 Å². The lowest BCUT2D eigenvalue weighted by molar-refractivity contribution is -0.129. The largest absolute Gasteiger partial charge is 0.354 e. The van der Waals surface area contributed by atoms with Gasteiger partial charge in [-0.2, -0.15) is 0 Å². The zero-order valence-corrected chi connectivity index (χ0v) is 13.9. The summed E-state index contributed by atoms with van der Waals surface area (Å²) in [6.07, 6.45) is 3.58. The number of nitrogens with one attached hydrogen (secondary N) is 2. The molecule has 1 aliphatic rings. The van der Waals surface area contributed by atoms with Gasteiger partial charge in [0, 0.05) is 45.0 Å². The number of rotatable bonds is 7. The summed E-state index contributed by atoms with van der Waals surface area (Å²) in [5, 5.41) is 5.89. The molecule has 1 unspecified atom stereocenters. The van der Waals surface area contributed by atoms with Crippen molar-refractivity contribution in [2.24, 2.45) is 5.92 Å². The molecule has 2 amide bonds. The minimum Gasteiger partial charge on any atom is -0.354 e. The highest BCUT2D eigenvalue weighted by atomic mass is 16.2. The van der Waals surface area contributed by atoms with Crippen LogP contribution in [0.4, 0.5) is 5.95 Å². The molecule has 0 bridgehead atoms. The number of anilines is 1. The summed E-state index contributed by atoms with van der Waals surface area (Å²) in [5.74, 6) is 0.186. The third-order valence-corrected chi connectivity index (χ3v) is 4.07. The van der Waals surface area contributed by atoms with Crippen LogP contribution in [0.25, 0.3) is 0 Å². The van der Waals surface area contributed by atoms with Gasteiger partial charge in [0.05, 0.1) is 5.92 Å². The van der Waals surface area contributed by atoms with Gasteiger partial charge in [-0.3, -0.25) is 9.59 Å². The minimum atomic E-state index is -0.288. The lowest BCUT2D eigenvalue weighted by Gasteiger charge is -2.16. The molecule has 1 fully saturated rings. The predicted octanol–water partition coefficient (Wildman–Crippen LogP) is 1.05. The average Bonchev–Trinajstić information content (AvgIpc) is 3.01. The van der Waals surface area contributed by atoms with Crippen molar-refractivity contribution in [2.45, 2.75) is 13.0 Å². The molecule has 7 nitrogen and oxygen atoms in total. The zero-order chi connectivity index (χ0) is 17.5. The normalized spacial score (nSPS) is 16.7. The van der Waals surface area contributed by atoms with Crippen molar-refractivity contribution in [1.82, 2.24) is 20.2 Å². The van der Waals surface area contributed by atoms with Crippen LogP contribution in [0, 0.1) is 5.92 Å². The molecule has 1 aromatic heterocycles. The van der Waals surface area contributed by atoms with E-state index < -0.39 is 0 Å². The van der Waals surface area contributed by atoms with Crippen LogP contribution >= 0.6 is 0 Å². The smallest absolute Gasteiger partial charge is 0.225 e. The van der Waals surface area contributed by atoms with Crippen LogP contribution in [0.2, 0.25) is 0 Å². The van der Waals surface area contributed by atoms with E-state index in [1.807, 2.05) is 30.3 Å². The molecule has 25 heavy (non-hydrogen) atoms. The first kappa shape index (κ1) is 16.9. The van der Waals surface area contributed by atoms with Gasteiger partial charge in [-0.15, -0.1) is 0 Å². The first-order chi connectivity index (χ1) is 12.2. The number of benzene rings is 1. The fourth-order valence-electron chi connectivity index (χ4n) is 2.80. The Kier molecular flexibility index (Phi) is 5.56. The average molecular weight is 339 g/mol. The van der Waals surface area contributed by atoms with Gasteiger partial charge in [0.15, 0.2) is 0 Å². The molecule has 1 atom stereocenters. The van der Waals surface area contributed by atoms with Crippen molar-refractivity contribution in [1.29, 1.82) is 0 Å². The predicted molar refractivity (Wildman–Crippen MR) is 93.5 cm³/mol. The molecule has 1 aliphatic heterocycles. The first-order valence-corrected chi connectivity index (χ1v) is 8.32. The SMILES string of the molecule is O=C(NCCNc1ncccn1)C1CC(=O)N(Cc2ccccc2)C1. The number of hydrogen-bond donors (Lipinski definition) is 2. The van der Waals surface area contributed by atoms with E-state index in [1.165, 1.54) is 0 Å². The van der Waals surface area contributed by atoms with E-state index in [-0.39, 0.29) is 24.2 Å². The second-order valence-electron chi connectivity index (χ2n) is 5.95. The van der Waals surface area contributed by atoms with Crippen molar-refractivity contribution < 1.29 is 9.59 Å². The first-order valence-electron chi connectivity index (χ1n) is 8.32. The van der Waals surface area contributed by atoms with Gasteiger partial charge in [0.1, 0.15) is 0 Å². The summed E-state index contributed by atoms with van der Waals surface area (Å²) in [7, 11) is 0. The Morgan fingerprint density at radius 3 is 2.64 bits per heavy atom.